The van der Waals surface area contributed by atoms with Gasteiger partial charge in [0.05, 0.1) is 25.6 Å². The molecule has 28 heavy (non-hydrogen) atoms. The van der Waals surface area contributed by atoms with Gasteiger partial charge in [0, 0.05) is 11.1 Å². The fourth-order valence-corrected chi connectivity index (χ4v) is 2.51. The van der Waals surface area contributed by atoms with Crippen molar-refractivity contribution in [3.63, 3.8) is 0 Å². The number of methoxy groups -OCH3 is 2. The Morgan fingerprint density at radius 3 is 2.54 bits per heavy atom. The van der Waals surface area contributed by atoms with Crippen molar-refractivity contribution in [2.75, 3.05) is 14.2 Å². The van der Waals surface area contributed by atoms with Crippen LogP contribution in [0.25, 0.3) is 11.3 Å². The highest BCUT2D eigenvalue weighted by Crippen LogP contribution is 2.26. The zero-order chi connectivity index (χ0) is 20.1. The van der Waals surface area contributed by atoms with Crippen molar-refractivity contribution in [2.24, 2.45) is 5.10 Å². The predicted molar refractivity (Wildman–Crippen MR) is 105 cm³/mol. The van der Waals surface area contributed by atoms with Gasteiger partial charge in [0.25, 0.3) is 5.91 Å². The first-order valence-electron chi connectivity index (χ1n) is 8.43. The van der Waals surface area contributed by atoms with Gasteiger partial charge in [-0.25, -0.2) is 5.43 Å². The quantitative estimate of drug-likeness (QED) is 0.450. The number of amides is 1. The minimum atomic E-state index is -0.419. The summed E-state index contributed by atoms with van der Waals surface area (Å²) in [4.78, 5) is 12.3. The number of nitrogens with one attached hydrogen (secondary N) is 2. The number of phenolic OH excluding ortho intramolecular Hbond substituents is 1. The van der Waals surface area contributed by atoms with Crippen molar-refractivity contribution in [3.05, 3.63) is 59.8 Å². The average molecular weight is 380 g/mol. The molecule has 3 rings (SSSR count). The third kappa shape index (κ3) is 4.12. The molecule has 8 nitrogen and oxygen atoms in total. The van der Waals surface area contributed by atoms with E-state index in [9.17, 15) is 9.90 Å². The van der Waals surface area contributed by atoms with Crippen molar-refractivity contribution >= 4 is 11.6 Å². The van der Waals surface area contributed by atoms with Crippen LogP contribution in [0.2, 0.25) is 0 Å². The van der Waals surface area contributed by atoms with E-state index in [4.69, 9.17) is 9.47 Å². The van der Waals surface area contributed by atoms with Gasteiger partial charge in [-0.2, -0.15) is 10.2 Å². The fraction of sp³-hybridized carbons (Fsp3) is 0.150. The Morgan fingerprint density at radius 1 is 1.11 bits per heavy atom. The molecule has 0 aliphatic heterocycles. The van der Waals surface area contributed by atoms with Crippen molar-refractivity contribution < 1.29 is 19.4 Å². The number of hydrazone groups is 1. The number of aromatic nitrogens is 2. The molecule has 3 aromatic rings. The summed E-state index contributed by atoms with van der Waals surface area (Å²) in [6.45, 7) is 1.74. The van der Waals surface area contributed by atoms with E-state index in [-0.39, 0.29) is 11.4 Å². The van der Waals surface area contributed by atoms with Gasteiger partial charge >= 0.3 is 0 Å². The number of nitrogens with zero attached hydrogens (tertiary/aromatic N) is 2. The molecule has 0 saturated carbocycles. The molecule has 0 aliphatic rings. The number of aromatic hydroxyl groups is 1. The summed E-state index contributed by atoms with van der Waals surface area (Å²) in [6.07, 6.45) is 0. The molecule has 0 unspecified atom stereocenters. The lowest BCUT2D eigenvalue weighted by Gasteiger charge is -2.06. The molecule has 1 aromatic heterocycles. The van der Waals surface area contributed by atoms with Gasteiger partial charge in [0.2, 0.25) is 0 Å². The monoisotopic (exact) mass is 380 g/mol. The predicted octanol–water partition coefficient (Wildman–Crippen LogP) is 2.95. The van der Waals surface area contributed by atoms with E-state index < -0.39 is 5.91 Å². The van der Waals surface area contributed by atoms with Crippen LogP contribution in [0.1, 0.15) is 23.0 Å². The number of aromatic amines is 1. The van der Waals surface area contributed by atoms with Crippen LogP contribution in [-0.4, -0.2) is 41.1 Å². The summed E-state index contributed by atoms with van der Waals surface area (Å²) in [5.74, 6) is 0.688. The number of phenols is 1. The number of ether oxygens (including phenoxy) is 2. The first kappa shape index (κ1) is 19.0. The second-order valence-electron chi connectivity index (χ2n) is 5.92. The van der Waals surface area contributed by atoms with Gasteiger partial charge in [0.15, 0.2) is 11.5 Å². The number of carbonyl (C=O) groups excluding carboxylic acids is 1. The lowest BCUT2D eigenvalue weighted by atomic mass is 10.1. The molecule has 0 radical (unpaired) electrons. The Kier molecular flexibility index (Phi) is 5.59. The molecule has 1 amide bonds. The maximum atomic E-state index is 12.3. The number of H-pyrrole nitrogens is 1. The van der Waals surface area contributed by atoms with Crippen LogP contribution in [0.3, 0.4) is 0 Å². The number of rotatable bonds is 6. The summed E-state index contributed by atoms with van der Waals surface area (Å²) >= 11 is 0. The topological polar surface area (TPSA) is 109 Å². The van der Waals surface area contributed by atoms with Gasteiger partial charge < -0.3 is 14.6 Å². The maximum Gasteiger partial charge on any atom is 0.289 e. The molecule has 0 aliphatic carbocycles. The summed E-state index contributed by atoms with van der Waals surface area (Å²) in [7, 11) is 3.06. The number of benzene rings is 2. The van der Waals surface area contributed by atoms with Gasteiger partial charge in [0.1, 0.15) is 11.4 Å². The van der Waals surface area contributed by atoms with E-state index >= 15 is 0 Å². The van der Waals surface area contributed by atoms with E-state index in [2.05, 4.69) is 20.7 Å². The number of hydrogen-bond acceptors (Lipinski definition) is 6. The van der Waals surface area contributed by atoms with Crippen molar-refractivity contribution in [2.45, 2.75) is 6.92 Å². The normalized spacial score (nSPS) is 11.2. The molecule has 3 N–H and O–H groups in total. The molecular weight excluding hydrogens is 360 g/mol. The van der Waals surface area contributed by atoms with Crippen LogP contribution in [-0.2, 0) is 0 Å². The summed E-state index contributed by atoms with van der Waals surface area (Å²) in [5.41, 5.74) is 5.52. The van der Waals surface area contributed by atoms with Gasteiger partial charge in [-0.15, -0.1) is 0 Å². The van der Waals surface area contributed by atoms with Crippen LogP contribution in [0.5, 0.6) is 17.2 Å². The largest absolute Gasteiger partial charge is 0.504 e. The first-order valence-corrected chi connectivity index (χ1v) is 8.43. The van der Waals surface area contributed by atoms with E-state index in [1.54, 1.807) is 32.2 Å². The van der Waals surface area contributed by atoms with Crippen molar-refractivity contribution in [1.29, 1.82) is 0 Å². The Balaban J connectivity index is 1.71. The Morgan fingerprint density at radius 2 is 1.86 bits per heavy atom. The van der Waals surface area contributed by atoms with E-state index in [1.165, 1.54) is 13.2 Å². The summed E-state index contributed by atoms with van der Waals surface area (Å²) in [5, 5.41) is 20.6. The van der Waals surface area contributed by atoms with Crippen LogP contribution >= 0.6 is 0 Å². The van der Waals surface area contributed by atoms with Crippen molar-refractivity contribution in [1.82, 2.24) is 15.6 Å². The lowest BCUT2D eigenvalue weighted by molar-refractivity contribution is 0.0950. The lowest BCUT2D eigenvalue weighted by Crippen LogP contribution is -2.19. The minimum absolute atomic E-state index is 0.0339. The van der Waals surface area contributed by atoms with E-state index in [0.29, 0.717) is 22.7 Å². The maximum absolute atomic E-state index is 12.3. The first-order chi connectivity index (χ1) is 13.5. The molecule has 8 heteroatoms. The number of carbonyl (C=O) groups is 1. The van der Waals surface area contributed by atoms with Crippen LogP contribution in [0, 0.1) is 0 Å². The molecule has 0 atom stereocenters. The minimum Gasteiger partial charge on any atom is -0.504 e. The fourth-order valence-electron chi connectivity index (χ4n) is 2.51. The molecule has 144 valence electrons. The van der Waals surface area contributed by atoms with Crippen LogP contribution < -0.4 is 14.9 Å². The Bertz CT molecular complexity index is 1010. The molecule has 0 fully saturated rings. The highest BCUT2D eigenvalue weighted by molar-refractivity contribution is 6.01. The van der Waals surface area contributed by atoms with Crippen LogP contribution in [0.4, 0.5) is 0 Å². The standard InChI is InChI=1S/C20H20N4O4/c1-12(14-6-9-18(25)19(10-14)28-3)21-24-20(26)17-11-16(22-23-17)13-4-7-15(27-2)8-5-13/h4-11,25H,1-3H3,(H,22,23)(H,24,26). The van der Waals surface area contributed by atoms with E-state index in [0.717, 1.165) is 11.3 Å². The highest BCUT2D eigenvalue weighted by atomic mass is 16.5. The molecule has 0 saturated heterocycles. The summed E-state index contributed by atoms with van der Waals surface area (Å²) < 4.78 is 10.2. The zero-order valence-electron chi connectivity index (χ0n) is 15.7. The third-order valence-corrected chi connectivity index (χ3v) is 4.13. The molecule has 0 spiro atoms. The Hall–Kier alpha value is -3.81. The molecular formula is C20H20N4O4. The second kappa shape index (κ2) is 8.26. The molecule has 0 bridgehead atoms. The smallest absolute Gasteiger partial charge is 0.289 e. The van der Waals surface area contributed by atoms with Crippen LogP contribution in [0.15, 0.2) is 53.6 Å². The average Bonchev–Trinajstić information content (AvgIpc) is 3.22. The van der Waals surface area contributed by atoms with Gasteiger partial charge in [-0.1, -0.05) is 0 Å². The third-order valence-electron chi connectivity index (χ3n) is 4.13. The van der Waals surface area contributed by atoms with Gasteiger partial charge in [-0.05, 0) is 55.5 Å². The second-order valence-corrected chi connectivity index (χ2v) is 5.92. The molecule has 1 heterocycles. The highest BCUT2D eigenvalue weighted by Gasteiger charge is 2.11. The van der Waals surface area contributed by atoms with E-state index in [1.807, 2.05) is 24.3 Å². The summed E-state index contributed by atoms with van der Waals surface area (Å²) in [6, 6.07) is 13.8. The number of hydrogen-bond donors (Lipinski definition) is 3. The SMILES string of the molecule is COc1ccc(-c2cc(C(=O)NN=C(C)c3ccc(O)c(OC)c3)[nH]n2)cc1. The van der Waals surface area contributed by atoms with Gasteiger partial charge in [-0.3, -0.25) is 9.89 Å². The molecule has 2 aromatic carbocycles. The zero-order valence-corrected chi connectivity index (χ0v) is 15.7. The Labute approximate surface area is 161 Å². The van der Waals surface area contributed by atoms with Crippen molar-refractivity contribution in [3.8, 4) is 28.5 Å².